The summed E-state index contributed by atoms with van der Waals surface area (Å²) in [4.78, 5) is 8.08. The van der Waals surface area contributed by atoms with Crippen molar-refractivity contribution in [3.8, 4) is 17.3 Å². The van der Waals surface area contributed by atoms with Crippen LogP contribution in [-0.2, 0) is 13.5 Å². The number of hydrogen-bond acceptors (Lipinski definition) is 6. The normalized spacial score (nSPS) is 11.9. The molecule has 23 heavy (non-hydrogen) atoms. The molecule has 2 heterocycles. The van der Waals surface area contributed by atoms with E-state index >= 15 is 0 Å². The third kappa shape index (κ3) is 2.96. The lowest BCUT2D eigenvalue weighted by atomic mass is 10.1. The van der Waals surface area contributed by atoms with Crippen LogP contribution < -0.4 is 5.49 Å². The average molecular weight is 315 g/mol. The summed E-state index contributed by atoms with van der Waals surface area (Å²) in [5.74, 6) is 0.0118. The fourth-order valence-corrected chi connectivity index (χ4v) is 2.15. The fourth-order valence-electron chi connectivity index (χ4n) is 2.15. The van der Waals surface area contributed by atoms with E-state index in [1.165, 1.54) is 18.5 Å². The molecule has 2 aromatic heterocycles. The van der Waals surface area contributed by atoms with Gasteiger partial charge < -0.3 is 14.1 Å². The zero-order valence-corrected chi connectivity index (χ0v) is 12.6. The third-order valence-corrected chi connectivity index (χ3v) is 3.28. The molecule has 0 saturated carbocycles. The van der Waals surface area contributed by atoms with Gasteiger partial charge in [-0.25, -0.2) is 9.37 Å². The second-order valence-corrected chi connectivity index (χ2v) is 4.90. The Hall–Kier alpha value is -3.03. The molecule has 0 saturated heterocycles. The van der Waals surface area contributed by atoms with Crippen LogP contribution in [0.4, 0.5) is 4.39 Å². The summed E-state index contributed by atoms with van der Waals surface area (Å²) in [6, 6.07) is 6.02. The van der Waals surface area contributed by atoms with Crippen molar-refractivity contribution >= 4 is 0 Å². The summed E-state index contributed by atoms with van der Waals surface area (Å²) in [6.45, 7) is 0. The van der Waals surface area contributed by atoms with Crippen LogP contribution in [0.15, 0.2) is 40.0 Å². The van der Waals surface area contributed by atoms with Crippen LogP contribution in [0.5, 0.6) is 5.75 Å². The van der Waals surface area contributed by atoms with E-state index in [0.717, 1.165) is 5.56 Å². The number of halogens is 1. The Morgan fingerprint density at radius 3 is 2.70 bits per heavy atom. The van der Waals surface area contributed by atoms with Crippen molar-refractivity contribution in [3.63, 3.8) is 0 Å². The van der Waals surface area contributed by atoms with E-state index in [0.29, 0.717) is 17.8 Å². The largest absolute Gasteiger partial charge is 0.503 e. The van der Waals surface area contributed by atoms with Gasteiger partial charge in [-0.15, -0.1) is 10.2 Å². The van der Waals surface area contributed by atoms with Gasteiger partial charge in [-0.3, -0.25) is 4.99 Å². The summed E-state index contributed by atoms with van der Waals surface area (Å²) in [5.41, 5.74) is 1.36. The molecule has 0 radical (unpaired) electrons. The zero-order valence-electron chi connectivity index (χ0n) is 12.6. The van der Waals surface area contributed by atoms with Crippen LogP contribution in [0.1, 0.15) is 11.5 Å². The van der Waals surface area contributed by atoms with Gasteiger partial charge in [-0.2, -0.15) is 0 Å². The van der Waals surface area contributed by atoms with E-state index in [1.54, 1.807) is 30.8 Å². The summed E-state index contributed by atoms with van der Waals surface area (Å²) in [5, 5.41) is 18.0. The Kier molecular flexibility index (Phi) is 3.88. The molecule has 1 N–H and O–H groups in total. The maximum absolute atomic E-state index is 12.9. The monoisotopic (exact) mass is 315 g/mol. The van der Waals surface area contributed by atoms with Gasteiger partial charge in [0.1, 0.15) is 5.82 Å². The topological polar surface area (TPSA) is 89.3 Å². The number of rotatable bonds is 3. The number of benzene rings is 1. The Morgan fingerprint density at radius 1 is 1.26 bits per heavy atom. The highest BCUT2D eigenvalue weighted by Crippen LogP contribution is 2.22. The zero-order chi connectivity index (χ0) is 16.4. The highest BCUT2D eigenvalue weighted by atomic mass is 19.1. The third-order valence-electron chi connectivity index (χ3n) is 3.28. The van der Waals surface area contributed by atoms with Gasteiger partial charge in [0.2, 0.25) is 5.89 Å². The van der Waals surface area contributed by atoms with Crippen LogP contribution in [-0.4, -0.2) is 31.9 Å². The molecule has 3 aromatic rings. The summed E-state index contributed by atoms with van der Waals surface area (Å²) >= 11 is 0. The Morgan fingerprint density at radius 2 is 2.00 bits per heavy atom. The molecule has 0 atom stereocenters. The lowest BCUT2D eigenvalue weighted by Crippen LogP contribution is -2.19. The minimum atomic E-state index is -0.304. The van der Waals surface area contributed by atoms with Gasteiger partial charge in [-0.05, 0) is 17.7 Å². The molecule has 0 aliphatic rings. The van der Waals surface area contributed by atoms with Crippen molar-refractivity contribution in [1.82, 2.24) is 19.7 Å². The Bertz CT molecular complexity index is 899. The summed E-state index contributed by atoms with van der Waals surface area (Å²) in [7, 11) is 3.28. The Labute approximate surface area is 130 Å². The molecule has 7 nitrogen and oxygen atoms in total. The van der Waals surface area contributed by atoms with E-state index in [9.17, 15) is 9.50 Å². The van der Waals surface area contributed by atoms with Crippen LogP contribution >= 0.6 is 0 Å². The second-order valence-electron chi connectivity index (χ2n) is 4.90. The van der Waals surface area contributed by atoms with Gasteiger partial charge in [0.15, 0.2) is 16.9 Å². The van der Waals surface area contributed by atoms with Crippen molar-refractivity contribution in [2.24, 2.45) is 12.0 Å². The van der Waals surface area contributed by atoms with E-state index in [1.807, 2.05) is 0 Å². The van der Waals surface area contributed by atoms with Crippen molar-refractivity contribution in [1.29, 1.82) is 0 Å². The van der Waals surface area contributed by atoms with Crippen LogP contribution in [0.2, 0.25) is 0 Å². The number of aromatic hydroxyl groups is 1. The molecule has 8 heteroatoms. The first-order chi connectivity index (χ1) is 11.1. The Balaban J connectivity index is 1.92. The van der Waals surface area contributed by atoms with Crippen molar-refractivity contribution in [2.45, 2.75) is 6.42 Å². The number of aryl methyl sites for hydroxylation is 1. The van der Waals surface area contributed by atoms with E-state index < -0.39 is 0 Å². The lowest BCUT2D eigenvalue weighted by Gasteiger charge is -2.03. The second kappa shape index (κ2) is 5.99. The molecule has 0 aliphatic carbocycles. The minimum absolute atomic E-state index is 0.102. The molecule has 0 fully saturated rings. The molecule has 0 bridgehead atoms. The molecule has 0 amide bonds. The SMILES string of the molecule is CN=c1c(O)c(-c2nnc(Cc3ccc(F)cc3)o2)ncn1C. The van der Waals surface area contributed by atoms with Gasteiger partial charge in [-0.1, -0.05) is 12.1 Å². The molecule has 0 aliphatic heterocycles. The highest BCUT2D eigenvalue weighted by molar-refractivity contribution is 5.54. The average Bonchev–Trinajstić information content (AvgIpc) is 2.98. The van der Waals surface area contributed by atoms with Crippen molar-refractivity contribution in [3.05, 3.63) is 53.4 Å². The first-order valence-electron chi connectivity index (χ1n) is 6.83. The highest BCUT2D eigenvalue weighted by Gasteiger charge is 2.16. The van der Waals surface area contributed by atoms with Gasteiger partial charge in [0.25, 0.3) is 5.89 Å². The smallest absolute Gasteiger partial charge is 0.270 e. The molecule has 3 rings (SSSR count). The maximum atomic E-state index is 12.9. The van der Waals surface area contributed by atoms with Crippen molar-refractivity contribution in [2.75, 3.05) is 7.05 Å². The molecule has 1 aromatic carbocycles. The number of nitrogens with zero attached hydrogens (tertiary/aromatic N) is 5. The number of hydrogen-bond donors (Lipinski definition) is 1. The molecule has 118 valence electrons. The van der Waals surface area contributed by atoms with E-state index in [2.05, 4.69) is 20.2 Å². The van der Waals surface area contributed by atoms with Crippen LogP contribution in [0.3, 0.4) is 0 Å². The minimum Gasteiger partial charge on any atom is -0.503 e. The van der Waals surface area contributed by atoms with Gasteiger partial charge in [0.05, 0.1) is 12.7 Å². The first-order valence-corrected chi connectivity index (χ1v) is 6.83. The van der Waals surface area contributed by atoms with Crippen LogP contribution in [0.25, 0.3) is 11.6 Å². The quantitative estimate of drug-likeness (QED) is 0.790. The standard InChI is InChI=1S/C15H14FN5O2/c1-17-14-13(22)12(18-8-21(14)2)15-20-19-11(23-15)7-9-3-5-10(16)6-4-9/h3-6,8,22H,7H2,1-2H3. The molecular formula is C15H14FN5O2. The van der Waals surface area contributed by atoms with Gasteiger partial charge >= 0.3 is 0 Å². The lowest BCUT2D eigenvalue weighted by molar-refractivity contribution is 0.448. The van der Waals surface area contributed by atoms with Crippen molar-refractivity contribution < 1.29 is 13.9 Å². The summed E-state index contributed by atoms with van der Waals surface area (Å²) in [6.07, 6.45) is 1.86. The van der Waals surface area contributed by atoms with Gasteiger partial charge in [0, 0.05) is 14.1 Å². The van der Waals surface area contributed by atoms with E-state index in [-0.39, 0.29) is 23.2 Å². The molecular weight excluding hydrogens is 301 g/mol. The predicted octanol–water partition coefficient (Wildman–Crippen LogP) is 1.44. The fraction of sp³-hybridized carbons (Fsp3) is 0.200. The number of aromatic nitrogens is 4. The first kappa shape index (κ1) is 14.9. The maximum Gasteiger partial charge on any atom is 0.270 e. The molecule has 0 spiro atoms. The van der Waals surface area contributed by atoms with E-state index in [4.69, 9.17) is 4.42 Å². The summed E-state index contributed by atoms with van der Waals surface area (Å²) < 4.78 is 20.0. The molecule has 0 unspecified atom stereocenters. The predicted molar refractivity (Wildman–Crippen MR) is 78.9 cm³/mol. The van der Waals surface area contributed by atoms with Crippen LogP contribution in [0, 0.1) is 5.82 Å².